The average Bonchev–Trinajstić information content (AvgIpc) is 2.60. The molecular weight excluding hydrogens is 304 g/mol. The molecule has 2 rings (SSSR count). The fourth-order valence-corrected chi connectivity index (χ4v) is 2.84. The minimum Gasteiger partial charge on any atom is -0.389 e. The zero-order valence-electron chi connectivity index (χ0n) is 15.1. The van der Waals surface area contributed by atoms with Crippen LogP contribution in [0.5, 0.6) is 0 Å². The van der Waals surface area contributed by atoms with Crippen LogP contribution in [0.2, 0.25) is 0 Å². The molecule has 1 aromatic rings. The van der Waals surface area contributed by atoms with E-state index < -0.39 is 6.10 Å². The van der Waals surface area contributed by atoms with Crippen LogP contribution < -0.4 is 0 Å². The quantitative estimate of drug-likeness (QED) is 0.703. The highest BCUT2D eigenvalue weighted by Gasteiger charge is 2.16. The Hall–Kier alpha value is -0.980. The fraction of sp³-hybridized carbons (Fsp3) is 0.684. The van der Waals surface area contributed by atoms with E-state index >= 15 is 0 Å². The number of nitrogens with zero attached hydrogens (tertiary/aromatic N) is 2. The number of ether oxygens (including phenoxy) is 2. The summed E-state index contributed by atoms with van der Waals surface area (Å²) in [6, 6.07) is 10.4. The summed E-state index contributed by atoms with van der Waals surface area (Å²) >= 11 is 0. The molecule has 1 heterocycles. The van der Waals surface area contributed by atoms with Crippen molar-refractivity contribution in [2.75, 3.05) is 52.5 Å². The van der Waals surface area contributed by atoms with Gasteiger partial charge in [0.25, 0.3) is 0 Å². The minimum atomic E-state index is -0.458. The predicted molar refractivity (Wildman–Crippen MR) is 96.1 cm³/mol. The molecule has 0 saturated carbocycles. The van der Waals surface area contributed by atoms with Gasteiger partial charge in [-0.1, -0.05) is 30.3 Å². The van der Waals surface area contributed by atoms with E-state index in [0.29, 0.717) is 13.2 Å². The zero-order valence-corrected chi connectivity index (χ0v) is 15.1. The monoisotopic (exact) mass is 336 g/mol. The third-order valence-corrected chi connectivity index (χ3v) is 4.18. The third kappa shape index (κ3) is 7.73. The highest BCUT2D eigenvalue weighted by Crippen LogP contribution is 2.07. The first kappa shape index (κ1) is 19.3. The molecule has 0 aliphatic carbocycles. The van der Waals surface area contributed by atoms with E-state index in [9.17, 15) is 5.11 Å². The molecule has 1 saturated heterocycles. The van der Waals surface area contributed by atoms with Gasteiger partial charge in [0, 0.05) is 39.3 Å². The standard InChI is InChI=1S/C19H32N2O3/c1-17(2)24-16-19(22)15-21(14-18-6-4-3-5-7-18)9-8-20-10-12-23-13-11-20/h3-7,17,19,22H,8-16H2,1-2H3/t19-/m0/s1. The maximum atomic E-state index is 10.3. The van der Waals surface area contributed by atoms with Gasteiger partial charge in [0.2, 0.25) is 0 Å². The highest BCUT2D eigenvalue weighted by molar-refractivity contribution is 5.14. The number of benzene rings is 1. The molecular formula is C19H32N2O3. The Morgan fingerprint density at radius 3 is 2.58 bits per heavy atom. The molecule has 1 atom stereocenters. The number of hydrogen-bond donors (Lipinski definition) is 1. The molecule has 0 aromatic heterocycles. The van der Waals surface area contributed by atoms with Gasteiger partial charge in [-0.2, -0.15) is 0 Å². The van der Waals surface area contributed by atoms with E-state index in [2.05, 4.69) is 34.1 Å². The Morgan fingerprint density at radius 2 is 1.92 bits per heavy atom. The van der Waals surface area contributed by atoms with Crippen LogP contribution in [0.1, 0.15) is 19.4 Å². The molecule has 5 heteroatoms. The Kier molecular flexibility index (Phi) is 8.70. The first-order valence-corrected chi connectivity index (χ1v) is 8.99. The summed E-state index contributed by atoms with van der Waals surface area (Å²) in [6.45, 7) is 11.4. The van der Waals surface area contributed by atoms with Crippen molar-refractivity contribution in [1.29, 1.82) is 0 Å². The van der Waals surface area contributed by atoms with Crippen LogP contribution in [0.4, 0.5) is 0 Å². The van der Waals surface area contributed by atoms with E-state index in [1.807, 2.05) is 19.9 Å². The second-order valence-corrected chi connectivity index (χ2v) is 6.71. The molecule has 1 aliphatic heterocycles. The molecule has 136 valence electrons. The van der Waals surface area contributed by atoms with Crippen molar-refractivity contribution in [2.45, 2.75) is 32.6 Å². The van der Waals surface area contributed by atoms with Crippen molar-refractivity contribution >= 4 is 0 Å². The second kappa shape index (κ2) is 10.8. The smallest absolute Gasteiger partial charge is 0.0900 e. The largest absolute Gasteiger partial charge is 0.389 e. The van der Waals surface area contributed by atoms with E-state index in [-0.39, 0.29) is 6.10 Å². The molecule has 5 nitrogen and oxygen atoms in total. The van der Waals surface area contributed by atoms with Crippen LogP contribution >= 0.6 is 0 Å². The van der Waals surface area contributed by atoms with Gasteiger partial charge < -0.3 is 14.6 Å². The summed E-state index contributed by atoms with van der Waals surface area (Å²) in [7, 11) is 0. The Bertz CT molecular complexity index is 435. The molecule has 1 N–H and O–H groups in total. The Balaban J connectivity index is 1.84. The molecule has 0 unspecified atom stereocenters. The molecule has 0 bridgehead atoms. The molecule has 24 heavy (non-hydrogen) atoms. The van der Waals surface area contributed by atoms with E-state index in [1.165, 1.54) is 5.56 Å². The molecule has 0 spiro atoms. The van der Waals surface area contributed by atoms with Crippen molar-refractivity contribution < 1.29 is 14.6 Å². The number of aliphatic hydroxyl groups is 1. The topological polar surface area (TPSA) is 45.2 Å². The lowest BCUT2D eigenvalue weighted by atomic mass is 10.2. The van der Waals surface area contributed by atoms with Gasteiger partial charge in [0.15, 0.2) is 0 Å². The lowest BCUT2D eigenvalue weighted by Crippen LogP contribution is -2.43. The maximum Gasteiger partial charge on any atom is 0.0900 e. The highest BCUT2D eigenvalue weighted by atomic mass is 16.5. The van der Waals surface area contributed by atoms with Gasteiger partial charge >= 0.3 is 0 Å². The summed E-state index contributed by atoms with van der Waals surface area (Å²) in [5.41, 5.74) is 1.27. The van der Waals surface area contributed by atoms with Crippen molar-refractivity contribution in [1.82, 2.24) is 9.80 Å². The summed E-state index contributed by atoms with van der Waals surface area (Å²) in [6.07, 6.45) is -0.309. The first-order chi connectivity index (χ1) is 11.6. The van der Waals surface area contributed by atoms with Crippen LogP contribution in [0.3, 0.4) is 0 Å². The molecule has 1 aliphatic rings. The second-order valence-electron chi connectivity index (χ2n) is 6.71. The summed E-state index contributed by atoms with van der Waals surface area (Å²) in [5, 5.41) is 10.3. The van der Waals surface area contributed by atoms with Crippen molar-refractivity contribution in [3.8, 4) is 0 Å². The Morgan fingerprint density at radius 1 is 1.21 bits per heavy atom. The van der Waals surface area contributed by atoms with Crippen LogP contribution in [0.25, 0.3) is 0 Å². The molecule has 0 radical (unpaired) electrons. The van der Waals surface area contributed by atoms with Gasteiger partial charge in [-0.05, 0) is 19.4 Å². The molecule has 1 fully saturated rings. The van der Waals surface area contributed by atoms with Crippen molar-refractivity contribution in [3.05, 3.63) is 35.9 Å². The predicted octanol–water partition coefficient (Wildman–Crippen LogP) is 1.61. The van der Waals surface area contributed by atoms with Gasteiger partial charge in [0.1, 0.15) is 0 Å². The van der Waals surface area contributed by atoms with Crippen LogP contribution in [-0.2, 0) is 16.0 Å². The van der Waals surface area contributed by atoms with Gasteiger partial charge in [-0.25, -0.2) is 0 Å². The molecule has 0 amide bonds. The maximum absolute atomic E-state index is 10.3. The summed E-state index contributed by atoms with van der Waals surface area (Å²) in [4.78, 5) is 4.75. The van der Waals surface area contributed by atoms with Gasteiger partial charge in [-0.3, -0.25) is 9.80 Å². The number of morpholine rings is 1. The van der Waals surface area contributed by atoms with E-state index in [0.717, 1.165) is 45.9 Å². The summed E-state index contributed by atoms with van der Waals surface area (Å²) in [5.74, 6) is 0. The number of hydrogen-bond acceptors (Lipinski definition) is 5. The average molecular weight is 336 g/mol. The number of rotatable bonds is 10. The normalized spacial score (nSPS) is 17.5. The minimum absolute atomic E-state index is 0.149. The van der Waals surface area contributed by atoms with Crippen molar-refractivity contribution in [2.24, 2.45) is 0 Å². The van der Waals surface area contributed by atoms with E-state index in [1.54, 1.807) is 0 Å². The van der Waals surface area contributed by atoms with Crippen LogP contribution in [-0.4, -0.2) is 79.7 Å². The van der Waals surface area contributed by atoms with Gasteiger partial charge in [0.05, 0.1) is 32.0 Å². The lowest BCUT2D eigenvalue weighted by molar-refractivity contribution is -0.0129. The molecule has 1 aromatic carbocycles. The zero-order chi connectivity index (χ0) is 17.2. The summed E-state index contributed by atoms with van der Waals surface area (Å²) < 4.78 is 11.0. The van der Waals surface area contributed by atoms with Crippen LogP contribution in [0.15, 0.2) is 30.3 Å². The van der Waals surface area contributed by atoms with E-state index in [4.69, 9.17) is 9.47 Å². The third-order valence-electron chi connectivity index (χ3n) is 4.18. The SMILES string of the molecule is CC(C)OC[C@@H](O)CN(CCN1CCOCC1)Cc1ccccc1. The van der Waals surface area contributed by atoms with Crippen LogP contribution in [0, 0.1) is 0 Å². The van der Waals surface area contributed by atoms with Crippen molar-refractivity contribution in [3.63, 3.8) is 0 Å². The fourth-order valence-electron chi connectivity index (χ4n) is 2.84. The van der Waals surface area contributed by atoms with Gasteiger partial charge in [-0.15, -0.1) is 0 Å². The Labute approximate surface area is 146 Å². The number of aliphatic hydroxyl groups excluding tert-OH is 1. The lowest BCUT2D eigenvalue weighted by Gasteiger charge is -2.31. The first-order valence-electron chi connectivity index (χ1n) is 8.99.